The molecule has 0 saturated carbocycles. The molecule has 0 saturated heterocycles. The van der Waals surface area contributed by atoms with Crippen LogP contribution in [0.2, 0.25) is 0 Å². The van der Waals surface area contributed by atoms with Gasteiger partial charge in [0.1, 0.15) is 5.60 Å². The number of anilines is 1. The summed E-state index contributed by atoms with van der Waals surface area (Å²) in [6, 6.07) is 8.45. The SMILES string of the molecule is CC(C)(C)OC(=O)Nc1cccc(Cn2ccc([N+](=O)[O-])n2)c1. The van der Waals surface area contributed by atoms with E-state index in [1.165, 1.54) is 16.9 Å². The van der Waals surface area contributed by atoms with E-state index in [9.17, 15) is 14.9 Å². The monoisotopic (exact) mass is 318 g/mol. The number of nitrogens with zero attached hydrogens (tertiary/aromatic N) is 3. The molecule has 0 fully saturated rings. The number of carbonyl (C=O) groups is 1. The number of carbonyl (C=O) groups excluding carboxylic acids is 1. The van der Waals surface area contributed by atoms with Crippen molar-refractivity contribution in [3.63, 3.8) is 0 Å². The predicted molar refractivity (Wildman–Crippen MR) is 84.3 cm³/mol. The summed E-state index contributed by atoms with van der Waals surface area (Å²) in [5.74, 6) is -0.201. The van der Waals surface area contributed by atoms with Crippen LogP contribution in [0.4, 0.5) is 16.3 Å². The van der Waals surface area contributed by atoms with Gasteiger partial charge in [0.2, 0.25) is 0 Å². The van der Waals surface area contributed by atoms with Gasteiger partial charge in [0, 0.05) is 5.69 Å². The number of benzene rings is 1. The number of nitrogens with one attached hydrogen (secondary N) is 1. The maximum absolute atomic E-state index is 11.8. The molecule has 0 radical (unpaired) electrons. The summed E-state index contributed by atoms with van der Waals surface area (Å²) in [7, 11) is 0. The zero-order valence-corrected chi connectivity index (χ0v) is 13.1. The van der Waals surface area contributed by atoms with Gasteiger partial charge in [0.15, 0.2) is 0 Å². The van der Waals surface area contributed by atoms with Gasteiger partial charge in [-0.05, 0) is 43.4 Å². The van der Waals surface area contributed by atoms with Crippen LogP contribution in [-0.2, 0) is 11.3 Å². The van der Waals surface area contributed by atoms with E-state index in [2.05, 4.69) is 10.4 Å². The molecule has 0 spiro atoms. The Morgan fingerprint density at radius 1 is 1.39 bits per heavy atom. The molecule has 1 aromatic carbocycles. The molecule has 0 unspecified atom stereocenters. The minimum Gasteiger partial charge on any atom is -0.444 e. The predicted octanol–water partition coefficient (Wildman–Crippen LogP) is 3.19. The molecule has 122 valence electrons. The highest BCUT2D eigenvalue weighted by molar-refractivity contribution is 5.84. The molecule has 8 nitrogen and oxygen atoms in total. The molecule has 0 atom stereocenters. The Bertz CT molecular complexity index is 718. The lowest BCUT2D eigenvalue weighted by atomic mass is 10.2. The number of aromatic nitrogens is 2. The Morgan fingerprint density at radius 3 is 2.74 bits per heavy atom. The molecule has 1 amide bonds. The minimum absolute atomic E-state index is 0.201. The van der Waals surface area contributed by atoms with Gasteiger partial charge in [0.25, 0.3) is 0 Å². The van der Waals surface area contributed by atoms with Crippen molar-refractivity contribution in [3.05, 3.63) is 52.2 Å². The molecule has 2 aromatic rings. The molecule has 0 aliphatic rings. The number of ether oxygens (including phenoxy) is 1. The van der Waals surface area contributed by atoms with Gasteiger partial charge in [-0.2, -0.15) is 4.68 Å². The summed E-state index contributed by atoms with van der Waals surface area (Å²) in [6.07, 6.45) is 0.996. The van der Waals surface area contributed by atoms with Crippen LogP contribution in [0.3, 0.4) is 0 Å². The standard InChI is InChI=1S/C15H18N4O4/c1-15(2,3)23-14(20)16-12-6-4-5-11(9-12)10-18-8-7-13(17-18)19(21)22/h4-9H,10H2,1-3H3,(H,16,20). The van der Waals surface area contributed by atoms with Crippen LogP contribution in [0, 0.1) is 10.1 Å². The van der Waals surface area contributed by atoms with E-state index < -0.39 is 16.6 Å². The summed E-state index contributed by atoms with van der Waals surface area (Å²) >= 11 is 0. The maximum Gasteiger partial charge on any atom is 0.412 e. The summed E-state index contributed by atoms with van der Waals surface area (Å²) in [4.78, 5) is 21.8. The van der Waals surface area contributed by atoms with E-state index in [4.69, 9.17) is 4.74 Å². The fraction of sp³-hybridized carbons (Fsp3) is 0.333. The third-order valence-corrected chi connectivity index (χ3v) is 2.73. The van der Waals surface area contributed by atoms with Crippen LogP contribution in [0.1, 0.15) is 26.3 Å². The Morgan fingerprint density at radius 2 is 2.13 bits per heavy atom. The van der Waals surface area contributed by atoms with Gasteiger partial charge >= 0.3 is 11.9 Å². The van der Waals surface area contributed by atoms with Gasteiger partial charge in [0.05, 0.1) is 23.9 Å². The van der Waals surface area contributed by atoms with Crippen molar-refractivity contribution in [2.45, 2.75) is 32.9 Å². The first-order valence-electron chi connectivity index (χ1n) is 7.00. The third kappa shape index (κ3) is 5.10. The lowest BCUT2D eigenvalue weighted by Crippen LogP contribution is -2.27. The molecular formula is C15H18N4O4. The van der Waals surface area contributed by atoms with Crippen LogP contribution < -0.4 is 5.32 Å². The zero-order valence-electron chi connectivity index (χ0n) is 13.1. The van der Waals surface area contributed by atoms with E-state index in [1.54, 1.807) is 39.0 Å². The first-order valence-corrected chi connectivity index (χ1v) is 7.00. The molecule has 23 heavy (non-hydrogen) atoms. The summed E-state index contributed by atoms with van der Waals surface area (Å²) in [5.41, 5.74) is 0.852. The molecule has 2 rings (SSSR count). The largest absolute Gasteiger partial charge is 0.444 e. The highest BCUT2D eigenvalue weighted by Gasteiger charge is 2.16. The lowest BCUT2D eigenvalue weighted by Gasteiger charge is -2.19. The first-order chi connectivity index (χ1) is 10.7. The van der Waals surface area contributed by atoms with Crippen molar-refractivity contribution in [2.75, 3.05) is 5.32 Å². The van der Waals surface area contributed by atoms with Crippen LogP contribution in [-0.4, -0.2) is 26.4 Å². The van der Waals surface area contributed by atoms with E-state index in [0.29, 0.717) is 12.2 Å². The third-order valence-electron chi connectivity index (χ3n) is 2.73. The number of hydrogen-bond donors (Lipinski definition) is 1. The highest BCUT2D eigenvalue weighted by Crippen LogP contribution is 2.15. The average molecular weight is 318 g/mol. The molecule has 0 aliphatic heterocycles. The second-order valence-electron chi connectivity index (χ2n) is 5.96. The Hall–Kier alpha value is -2.90. The van der Waals surface area contributed by atoms with Gasteiger partial charge in [-0.1, -0.05) is 12.1 Å². The fourth-order valence-electron chi connectivity index (χ4n) is 1.89. The number of rotatable bonds is 4. The van der Waals surface area contributed by atoms with Crippen molar-refractivity contribution in [3.8, 4) is 0 Å². The van der Waals surface area contributed by atoms with Crippen molar-refractivity contribution >= 4 is 17.6 Å². The second kappa shape index (κ2) is 6.47. The lowest BCUT2D eigenvalue weighted by molar-refractivity contribution is -0.389. The van der Waals surface area contributed by atoms with Gasteiger partial charge < -0.3 is 14.9 Å². The smallest absolute Gasteiger partial charge is 0.412 e. The molecule has 0 aliphatic carbocycles. The van der Waals surface area contributed by atoms with Crippen molar-refractivity contribution in [2.24, 2.45) is 0 Å². The van der Waals surface area contributed by atoms with Crippen molar-refractivity contribution in [1.82, 2.24) is 9.78 Å². The molecular weight excluding hydrogens is 300 g/mol. The van der Waals surface area contributed by atoms with Crippen molar-refractivity contribution in [1.29, 1.82) is 0 Å². The first kappa shape index (κ1) is 16.5. The molecule has 0 bridgehead atoms. The van der Waals surface area contributed by atoms with E-state index in [0.717, 1.165) is 5.56 Å². The summed E-state index contributed by atoms with van der Waals surface area (Å²) in [5, 5.41) is 17.1. The second-order valence-corrected chi connectivity index (χ2v) is 5.96. The zero-order chi connectivity index (χ0) is 17.0. The number of hydrogen-bond acceptors (Lipinski definition) is 5. The van der Waals surface area contributed by atoms with E-state index in [1.807, 2.05) is 6.07 Å². The Balaban J connectivity index is 2.04. The topological polar surface area (TPSA) is 99.3 Å². The molecule has 8 heteroatoms. The highest BCUT2D eigenvalue weighted by atomic mass is 16.6. The maximum atomic E-state index is 11.8. The van der Waals surface area contributed by atoms with Crippen LogP contribution in [0.5, 0.6) is 0 Å². The normalized spacial score (nSPS) is 11.1. The number of amides is 1. The fourth-order valence-corrected chi connectivity index (χ4v) is 1.89. The summed E-state index contributed by atoms with van der Waals surface area (Å²) in [6.45, 7) is 5.71. The molecule has 1 heterocycles. The van der Waals surface area contributed by atoms with Gasteiger partial charge in [-0.3, -0.25) is 5.32 Å². The van der Waals surface area contributed by atoms with Gasteiger partial charge in [-0.15, -0.1) is 0 Å². The molecule has 1 aromatic heterocycles. The van der Waals surface area contributed by atoms with Gasteiger partial charge in [-0.25, -0.2) is 4.79 Å². The Kier molecular flexibility index (Phi) is 4.63. The minimum atomic E-state index is -0.574. The molecule has 1 N–H and O–H groups in total. The van der Waals surface area contributed by atoms with Crippen LogP contribution in [0.15, 0.2) is 36.5 Å². The van der Waals surface area contributed by atoms with Crippen LogP contribution in [0.25, 0.3) is 0 Å². The van der Waals surface area contributed by atoms with Crippen molar-refractivity contribution < 1.29 is 14.5 Å². The van der Waals surface area contributed by atoms with E-state index >= 15 is 0 Å². The van der Waals surface area contributed by atoms with E-state index in [-0.39, 0.29) is 5.82 Å². The number of nitro groups is 1. The average Bonchev–Trinajstić information content (AvgIpc) is 2.85. The Labute approximate surface area is 133 Å². The van der Waals surface area contributed by atoms with Crippen LogP contribution >= 0.6 is 0 Å². The summed E-state index contributed by atoms with van der Waals surface area (Å²) < 4.78 is 6.65. The quantitative estimate of drug-likeness (QED) is 0.689.